The van der Waals surface area contributed by atoms with Crippen molar-refractivity contribution in [3.63, 3.8) is 0 Å². The fourth-order valence-corrected chi connectivity index (χ4v) is 4.49. The minimum absolute atomic E-state index is 0.105. The lowest BCUT2D eigenvalue weighted by Crippen LogP contribution is -2.02. The van der Waals surface area contributed by atoms with Gasteiger partial charge < -0.3 is 9.72 Å². The summed E-state index contributed by atoms with van der Waals surface area (Å²) >= 11 is 13.4. The number of thioether (sulfide) groups is 1. The van der Waals surface area contributed by atoms with E-state index in [4.69, 9.17) is 27.9 Å². The van der Waals surface area contributed by atoms with Gasteiger partial charge in [0.15, 0.2) is 6.17 Å². The molecule has 1 atom stereocenters. The van der Waals surface area contributed by atoms with Gasteiger partial charge in [-0.1, -0.05) is 67.4 Å². The zero-order chi connectivity index (χ0) is 20.8. The summed E-state index contributed by atoms with van der Waals surface area (Å²) in [4.78, 5) is 8.54. The van der Waals surface area contributed by atoms with E-state index in [1.54, 1.807) is 18.2 Å². The van der Waals surface area contributed by atoms with E-state index in [-0.39, 0.29) is 11.7 Å². The minimum Gasteiger partial charge on any atom is -0.369 e. The molecule has 0 saturated carbocycles. The molecule has 29 heavy (non-hydrogen) atoms. The van der Waals surface area contributed by atoms with Crippen molar-refractivity contribution in [1.29, 1.82) is 0 Å². The number of hydrogen-bond acceptors (Lipinski definition) is 3. The van der Waals surface area contributed by atoms with E-state index in [0.717, 1.165) is 16.2 Å². The van der Waals surface area contributed by atoms with Crippen molar-refractivity contribution in [3.8, 4) is 0 Å². The van der Waals surface area contributed by atoms with Crippen molar-refractivity contribution in [1.82, 2.24) is 9.97 Å². The Balaban J connectivity index is 1.63. The number of aromatic amines is 1. The topological polar surface area (TPSA) is 37.9 Å². The summed E-state index contributed by atoms with van der Waals surface area (Å²) < 4.78 is 20.8. The van der Waals surface area contributed by atoms with Gasteiger partial charge in [0.05, 0.1) is 18.0 Å². The van der Waals surface area contributed by atoms with Gasteiger partial charge in [-0.05, 0) is 29.7 Å². The van der Waals surface area contributed by atoms with Crippen LogP contribution in [0.1, 0.15) is 48.7 Å². The smallest absolute Gasteiger partial charge is 0.151 e. The van der Waals surface area contributed by atoms with Gasteiger partial charge >= 0.3 is 0 Å². The molecule has 0 radical (unpaired) electrons. The number of rotatable bonds is 9. The molecule has 3 nitrogen and oxygen atoms in total. The third-order valence-electron chi connectivity index (χ3n) is 4.25. The second kappa shape index (κ2) is 10.5. The second-order valence-corrected chi connectivity index (χ2v) is 8.97. The van der Waals surface area contributed by atoms with Crippen LogP contribution in [0.2, 0.25) is 10.0 Å². The molecule has 0 spiro atoms. The number of halogens is 3. The average molecular weight is 453 g/mol. The van der Waals surface area contributed by atoms with E-state index in [0.29, 0.717) is 34.8 Å². The summed E-state index contributed by atoms with van der Waals surface area (Å²) in [6.07, 6.45) is -1.19. The average Bonchev–Trinajstić information content (AvgIpc) is 3.11. The van der Waals surface area contributed by atoms with Crippen LogP contribution in [0, 0.1) is 0 Å². The number of nitrogens with one attached hydrogen (secondary N) is 1. The number of aromatic nitrogens is 2. The van der Waals surface area contributed by atoms with Gasteiger partial charge in [-0.3, -0.25) is 0 Å². The van der Waals surface area contributed by atoms with Crippen LogP contribution in [-0.2, 0) is 18.0 Å². The van der Waals surface area contributed by atoms with E-state index in [9.17, 15) is 0 Å². The molecule has 0 bridgehead atoms. The number of hydrogen-bond donors (Lipinski definition) is 1. The summed E-state index contributed by atoms with van der Waals surface area (Å²) in [5.74, 6) is 0.981. The maximum atomic E-state index is 15.0. The van der Waals surface area contributed by atoms with Crippen LogP contribution >= 0.6 is 35.0 Å². The third kappa shape index (κ3) is 6.48. The van der Waals surface area contributed by atoms with E-state index < -0.39 is 6.17 Å². The van der Waals surface area contributed by atoms with Gasteiger partial charge in [-0.25, -0.2) is 9.37 Å². The number of imidazole rings is 1. The Bertz CT molecular complexity index is 914. The van der Waals surface area contributed by atoms with Gasteiger partial charge in [0.1, 0.15) is 12.4 Å². The van der Waals surface area contributed by atoms with Crippen molar-refractivity contribution >= 4 is 35.0 Å². The largest absolute Gasteiger partial charge is 0.369 e. The van der Waals surface area contributed by atoms with Crippen LogP contribution in [0.5, 0.6) is 0 Å². The molecule has 1 heterocycles. The number of alkyl halides is 1. The maximum Gasteiger partial charge on any atom is 0.151 e. The molecular weight excluding hydrogens is 430 g/mol. The first kappa shape index (κ1) is 22.2. The van der Waals surface area contributed by atoms with Crippen LogP contribution in [0.3, 0.4) is 0 Å². The lowest BCUT2D eigenvalue weighted by molar-refractivity contribution is 0.102. The Labute approximate surface area is 185 Å². The molecule has 1 aromatic heterocycles. The minimum atomic E-state index is -1.19. The van der Waals surface area contributed by atoms with Crippen LogP contribution in [0.4, 0.5) is 4.39 Å². The molecule has 0 aliphatic carbocycles. The Morgan fingerprint density at radius 3 is 2.41 bits per heavy atom. The first-order valence-electron chi connectivity index (χ1n) is 9.35. The zero-order valence-corrected chi connectivity index (χ0v) is 18.6. The Morgan fingerprint density at radius 2 is 1.76 bits per heavy atom. The molecule has 1 unspecified atom stereocenters. The Morgan fingerprint density at radius 1 is 1.07 bits per heavy atom. The Hall–Kier alpha value is -1.53. The molecule has 2 aromatic carbocycles. The molecule has 0 saturated heterocycles. The molecule has 0 aliphatic rings. The normalized spacial score (nSPS) is 12.5. The van der Waals surface area contributed by atoms with Crippen molar-refractivity contribution in [2.45, 2.75) is 44.0 Å². The number of benzene rings is 2. The third-order valence-corrected chi connectivity index (χ3v) is 5.72. The molecule has 3 rings (SSSR count). The van der Waals surface area contributed by atoms with E-state index in [1.807, 2.05) is 44.2 Å². The van der Waals surface area contributed by atoms with Gasteiger partial charge in [0.25, 0.3) is 0 Å². The monoisotopic (exact) mass is 452 g/mol. The zero-order valence-electron chi connectivity index (χ0n) is 16.3. The summed E-state index contributed by atoms with van der Waals surface area (Å²) in [7, 11) is 0. The summed E-state index contributed by atoms with van der Waals surface area (Å²) in [6, 6.07) is 15.1. The van der Waals surface area contributed by atoms with Crippen molar-refractivity contribution in [2.75, 3.05) is 5.75 Å². The van der Waals surface area contributed by atoms with E-state index in [1.165, 1.54) is 11.8 Å². The summed E-state index contributed by atoms with van der Waals surface area (Å²) in [5, 5.41) is 1.08. The summed E-state index contributed by atoms with van der Waals surface area (Å²) in [5.41, 5.74) is 2.34. The van der Waals surface area contributed by atoms with Crippen LogP contribution in [-0.4, -0.2) is 15.7 Å². The molecule has 154 valence electrons. The first-order valence-corrected chi connectivity index (χ1v) is 11.1. The van der Waals surface area contributed by atoms with Crippen LogP contribution in [0.25, 0.3) is 0 Å². The van der Waals surface area contributed by atoms with Gasteiger partial charge in [-0.2, -0.15) is 0 Å². The van der Waals surface area contributed by atoms with E-state index in [2.05, 4.69) is 9.97 Å². The van der Waals surface area contributed by atoms with Gasteiger partial charge in [-0.15, -0.1) is 11.8 Å². The van der Waals surface area contributed by atoms with Gasteiger partial charge in [0, 0.05) is 20.7 Å². The Kier molecular flexibility index (Phi) is 8.01. The highest BCUT2D eigenvalue weighted by Crippen LogP contribution is 2.33. The number of ether oxygens (including phenoxy) is 1. The number of nitrogens with zero attached hydrogens (tertiary/aromatic N) is 1. The van der Waals surface area contributed by atoms with Crippen molar-refractivity contribution < 1.29 is 9.13 Å². The number of H-pyrrole nitrogens is 1. The maximum absolute atomic E-state index is 15.0. The molecule has 1 N–H and O–H groups in total. The summed E-state index contributed by atoms with van der Waals surface area (Å²) in [6.45, 7) is 4.80. The molecule has 7 heteroatoms. The second-order valence-electron chi connectivity index (χ2n) is 7.00. The molecule has 0 aliphatic heterocycles. The predicted octanol–water partition coefficient (Wildman–Crippen LogP) is 7.36. The first-order chi connectivity index (χ1) is 13.9. The predicted molar refractivity (Wildman–Crippen MR) is 119 cm³/mol. The molecule has 0 amide bonds. The molecule has 0 fully saturated rings. The highest BCUT2D eigenvalue weighted by atomic mass is 35.5. The molecular formula is C22H23Cl2FN2OS. The highest BCUT2D eigenvalue weighted by Gasteiger charge is 2.22. The van der Waals surface area contributed by atoms with Crippen LogP contribution < -0.4 is 0 Å². The van der Waals surface area contributed by atoms with Crippen molar-refractivity contribution in [3.05, 3.63) is 81.4 Å². The lowest BCUT2D eigenvalue weighted by atomic mass is 10.1. The standard InChI is InChI=1S/C22H23Cl2FN2OS/c1-14(2)21-22(19(25)13-29-18-9-16(23)8-17(24)10-18)27-20(26-21)12-28-11-15-6-4-3-5-7-15/h3-10,14,19H,11-13H2,1-2H3,(H,26,27). The fraction of sp³-hybridized carbons (Fsp3) is 0.318. The van der Waals surface area contributed by atoms with Crippen molar-refractivity contribution in [2.24, 2.45) is 0 Å². The fourth-order valence-electron chi connectivity index (χ4n) is 2.90. The quantitative estimate of drug-likeness (QED) is 0.344. The van der Waals surface area contributed by atoms with Crippen LogP contribution in [0.15, 0.2) is 53.4 Å². The molecule has 3 aromatic rings. The SMILES string of the molecule is CC(C)c1nc(COCc2ccccc2)[nH]c1C(F)CSc1cc(Cl)cc(Cl)c1. The van der Waals surface area contributed by atoms with E-state index >= 15 is 4.39 Å². The highest BCUT2D eigenvalue weighted by molar-refractivity contribution is 7.99. The lowest BCUT2D eigenvalue weighted by Gasteiger charge is -2.10. The van der Waals surface area contributed by atoms with Gasteiger partial charge in [0.2, 0.25) is 0 Å².